The maximum Gasteiger partial charge on any atom is 0.270 e. The summed E-state index contributed by atoms with van der Waals surface area (Å²) in [6, 6.07) is 8.84. The Morgan fingerprint density at radius 2 is 2.10 bits per heavy atom. The number of nitrogens with zero attached hydrogens (tertiary/aromatic N) is 2. The monoisotopic (exact) mass is 291 g/mol. The van der Waals surface area contributed by atoms with Gasteiger partial charge in [-0.1, -0.05) is 17.7 Å². The van der Waals surface area contributed by atoms with Gasteiger partial charge in [0.1, 0.15) is 5.82 Å². The average Bonchev–Trinajstić information content (AvgIpc) is 2.38. The van der Waals surface area contributed by atoms with Crippen LogP contribution in [-0.4, -0.2) is 15.8 Å². The third-order valence-electron chi connectivity index (χ3n) is 2.54. The number of nitro groups is 1. The highest BCUT2D eigenvalue weighted by Gasteiger charge is 2.16. The van der Waals surface area contributed by atoms with Crippen LogP contribution in [0.15, 0.2) is 36.4 Å². The lowest BCUT2D eigenvalue weighted by Crippen LogP contribution is -2.14. The molecule has 6 nitrogen and oxygen atoms in total. The summed E-state index contributed by atoms with van der Waals surface area (Å²) in [7, 11) is 0. The fourth-order valence-electron chi connectivity index (χ4n) is 1.60. The number of non-ortho nitro benzene ring substituents is 1. The number of rotatable bonds is 3. The molecule has 1 N–H and O–H groups in total. The number of benzene rings is 1. The number of carbonyl (C=O) groups excluding carboxylic acids is 1. The second kappa shape index (κ2) is 5.66. The van der Waals surface area contributed by atoms with Crippen LogP contribution in [0.5, 0.6) is 0 Å². The highest BCUT2D eigenvalue weighted by atomic mass is 35.5. The molecule has 0 radical (unpaired) electrons. The van der Waals surface area contributed by atoms with Crippen molar-refractivity contribution in [3.63, 3.8) is 0 Å². The van der Waals surface area contributed by atoms with Crippen LogP contribution in [0.4, 0.5) is 11.5 Å². The van der Waals surface area contributed by atoms with E-state index in [1.165, 1.54) is 12.1 Å². The number of anilines is 1. The van der Waals surface area contributed by atoms with E-state index in [2.05, 4.69) is 10.3 Å². The zero-order valence-corrected chi connectivity index (χ0v) is 11.2. The molecule has 0 spiro atoms. The van der Waals surface area contributed by atoms with Gasteiger partial charge in [0.05, 0.1) is 15.5 Å². The van der Waals surface area contributed by atoms with Crippen LogP contribution < -0.4 is 5.32 Å². The Morgan fingerprint density at radius 1 is 1.35 bits per heavy atom. The lowest BCUT2D eigenvalue weighted by atomic mass is 10.2. The molecule has 0 saturated heterocycles. The van der Waals surface area contributed by atoms with Crippen molar-refractivity contribution in [1.82, 2.24) is 4.98 Å². The Morgan fingerprint density at radius 3 is 2.75 bits per heavy atom. The van der Waals surface area contributed by atoms with Gasteiger partial charge in [-0.25, -0.2) is 4.98 Å². The number of hydrogen-bond acceptors (Lipinski definition) is 4. The molecule has 102 valence electrons. The molecule has 20 heavy (non-hydrogen) atoms. The largest absolute Gasteiger partial charge is 0.307 e. The maximum atomic E-state index is 12.1. The first-order chi connectivity index (χ1) is 9.47. The van der Waals surface area contributed by atoms with Gasteiger partial charge in [0.15, 0.2) is 0 Å². The van der Waals surface area contributed by atoms with Crippen LogP contribution in [0.1, 0.15) is 16.1 Å². The fourth-order valence-corrected chi connectivity index (χ4v) is 1.80. The number of carbonyl (C=O) groups is 1. The molecule has 0 unspecified atom stereocenters. The van der Waals surface area contributed by atoms with Gasteiger partial charge >= 0.3 is 0 Å². The fraction of sp³-hybridized carbons (Fsp3) is 0.0769. The molecule has 0 aliphatic rings. The van der Waals surface area contributed by atoms with Crippen LogP contribution in [-0.2, 0) is 0 Å². The van der Waals surface area contributed by atoms with Gasteiger partial charge in [-0.15, -0.1) is 0 Å². The quantitative estimate of drug-likeness (QED) is 0.695. The van der Waals surface area contributed by atoms with Crippen molar-refractivity contribution >= 4 is 29.0 Å². The first kappa shape index (κ1) is 14.0. The molecule has 1 aromatic carbocycles. The van der Waals surface area contributed by atoms with Gasteiger partial charge in [-0.2, -0.15) is 0 Å². The van der Waals surface area contributed by atoms with Crippen molar-refractivity contribution in [2.24, 2.45) is 0 Å². The van der Waals surface area contributed by atoms with Crippen LogP contribution >= 0.6 is 11.6 Å². The molecule has 2 aromatic rings. The molecule has 1 aromatic heterocycles. The smallest absolute Gasteiger partial charge is 0.270 e. The predicted octanol–water partition coefficient (Wildman–Crippen LogP) is 3.20. The summed E-state index contributed by atoms with van der Waals surface area (Å²) < 4.78 is 0. The second-order valence-corrected chi connectivity index (χ2v) is 4.45. The van der Waals surface area contributed by atoms with Crippen LogP contribution in [0.3, 0.4) is 0 Å². The SMILES string of the molecule is Cc1cccc(NC(=O)c2cc([N+](=O)[O-])ccc2Cl)n1. The first-order valence-corrected chi connectivity index (χ1v) is 6.04. The van der Waals surface area contributed by atoms with Crippen molar-refractivity contribution < 1.29 is 9.72 Å². The van der Waals surface area contributed by atoms with Gasteiger partial charge in [-0.3, -0.25) is 14.9 Å². The van der Waals surface area contributed by atoms with E-state index < -0.39 is 10.8 Å². The van der Waals surface area contributed by atoms with Crippen molar-refractivity contribution in [3.8, 4) is 0 Å². The molecule has 0 fully saturated rings. The van der Waals surface area contributed by atoms with Gasteiger partial charge in [-0.05, 0) is 25.1 Å². The highest BCUT2D eigenvalue weighted by molar-refractivity contribution is 6.34. The number of amides is 1. The van der Waals surface area contributed by atoms with Crippen molar-refractivity contribution in [2.45, 2.75) is 6.92 Å². The van der Waals surface area contributed by atoms with E-state index in [4.69, 9.17) is 11.6 Å². The van der Waals surface area contributed by atoms with E-state index >= 15 is 0 Å². The number of halogens is 1. The lowest BCUT2D eigenvalue weighted by molar-refractivity contribution is -0.384. The molecule has 0 saturated carbocycles. The zero-order valence-electron chi connectivity index (χ0n) is 10.5. The normalized spacial score (nSPS) is 10.1. The maximum absolute atomic E-state index is 12.1. The van der Waals surface area contributed by atoms with Crippen molar-refractivity contribution in [1.29, 1.82) is 0 Å². The van der Waals surface area contributed by atoms with Crippen LogP contribution in [0.25, 0.3) is 0 Å². The predicted molar refractivity (Wildman–Crippen MR) is 75.0 cm³/mol. The molecule has 2 rings (SSSR count). The van der Waals surface area contributed by atoms with Gasteiger partial charge in [0.2, 0.25) is 0 Å². The third kappa shape index (κ3) is 3.10. The molecule has 1 heterocycles. The number of nitro benzene ring substituents is 1. The molecule has 1 amide bonds. The minimum Gasteiger partial charge on any atom is -0.307 e. The summed E-state index contributed by atoms with van der Waals surface area (Å²) in [5.41, 5.74) is 0.578. The standard InChI is InChI=1S/C13H10ClN3O3/c1-8-3-2-4-12(15-8)16-13(18)10-7-9(17(19)20)5-6-11(10)14/h2-7H,1H3,(H,15,16,18). The molecule has 0 aliphatic heterocycles. The van der Waals surface area contributed by atoms with Crippen molar-refractivity contribution in [2.75, 3.05) is 5.32 Å². The minimum atomic E-state index is -0.585. The molecule has 0 atom stereocenters. The second-order valence-electron chi connectivity index (χ2n) is 4.04. The molecular formula is C13H10ClN3O3. The topological polar surface area (TPSA) is 85.1 Å². The van der Waals surface area contributed by atoms with Crippen LogP contribution in [0.2, 0.25) is 5.02 Å². The number of pyridine rings is 1. The Bertz CT molecular complexity index is 688. The summed E-state index contributed by atoms with van der Waals surface area (Å²) >= 11 is 5.89. The minimum absolute atomic E-state index is 0.0316. The van der Waals surface area contributed by atoms with E-state index in [-0.39, 0.29) is 16.3 Å². The van der Waals surface area contributed by atoms with E-state index in [1.807, 2.05) is 0 Å². The van der Waals surface area contributed by atoms with E-state index in [0.29, 0.717) is 5.82 Å². The van der Waals surface area contributed by atoms with Crippen LogP contribution in [0, 0.1) is 17.0 Å². The molecule has 0 aliphatic carbocycles. The Balaban J connectivity index is 2.29. The highest BCUT2D eigenvalue weighted by Crippen LogP contribution is 2.22. The molecular weight excluding hydrogens is 282 g/mol. The Hall–Kier alpha value is -2.47. The summed E-state index contributed by atoms with van der Waals surface area (Å²) in [6.07, 6.45) is 0. The first-order valence-electron chi connectivity index (χ1n) is 5.66. The summed E-state index contributed by atoms with van der Waals surface area (Å²) in [5, 5.41) is 13.4. The van der Waals surface area contributed by atoms with E-state index in [1.54, 1.807) is 25.1 Å². The van der Waals surface area contributed by atoms with Gasteiger partial charge < -0.3 is 5.32 Å². The number of hydrogen-bond donors (Lipinski definition) is 1. The third-order valence-corrected chi connectivity index (χ3v) is 2.86. The summed E-state index contributed by atoms with van der Waals surface area (Å²) in [5.74, 6) is -0.186. The molecule has 7 heteroatoms. The van der Waals surface area contributed by atoms with Gasteiger partial charge in [0, 0.05) is 17.8 Å². The summed E-state index contributed by atoms with van der Waals surface area (Å²) in [4.78, 5) is 26.3. The zero-order chi connectivity index (χ0) is 14.7. The Labute approximate surface area is 119 Å². The van der Waals surface area contributed by atoms with E-state index in [9.17, 15) is 14.9 Å². The summed E-state index contributed by atoms with van der Waals surface area (Å²) in [6.45, 7) is 1.79. The van der Waals surface area contributed by atoms with E-state index in [0.717, 1.165) is 11.8 Å². The van der Waals surface area contributed by atoms with Gasteiger partial charge in [0.25, 0.3) is 11.6 Å². The lowest BCUT2D eigenvalue weighted by Gasteiger charge is -2.06. The number of aryl methyl sites for hydroxylation is 1. The Kier molecular flexibility index (Phi) is 3.95. The number of aromatic nitrogens is 1. The van der Waals surface area contributed by atoms with Crippen molar-refractivity contribution in [3.05, 3.63) is 62.8 Å². The average molecular weight is 292 g/mol. The number of nitrogens with one attached hydrogen (secondary N) is 1. The molecule has 0 bridgehead atoms.